The van der Waals surface area contributed by atoms with E-state index in [-0.39, 0.29) is 6.54 Å². The quantitative estimate of drug-likeness (QED) is 0.602. The second-order valence-corrected chi connectivity index (χ2v) is 2.42. The van der Waals surface area contributed by atoms with E-state index in [1.54, 1.807) is 0 Å². The van der Waals surface area contributed by atoms with Gasteiger partial charge in [-0.05, 0) is 4.73 Å². The van der Waals surface area contributed by atoms with Crippen LogP contribution in [0.25, 0.3) is 0 Å². The van der Waals surface area contributed by atoms with Crippen LogP contribution in [0.1, 0.15) is 6.92 Å². The number of carboxylic acid groups (broad SMARTS) is 1. The van der Waals surface area contributed by atoms with Crippen molar-refractivity contribution in [3.63, 3.8) is 0 Å². The lowest BCUT2D eigenvalue weighted by Crippen LogP contribution is -2.36. The van der Waals surface area contributed by atoms with Crippen molar-refractivity contribution in [2.75, 3.05) is 0 Å². The SMILES string of the molecule is CC(=O)On1cc[n+](CC(=O)O)c1. The molecule has 1 heterocycles. The molecule has 0 aromatic carbocycles. The van der Waals surface area contributed by atoms with Crippen LogP contribution in [0.5, 0.6) is 0 Å². The topological polar surface area (TPSA) is 72.4 Å². The zero-order chi connectivity index (χ0) is 9.84. The number of carboxylic acids is 1. The third-order valence-corrected chi connectivity index (χ3v) is 1.22. The molecule has 0 aliphatic carbocycles. The number of hydrogen-bond donors (Lipinski definition) is 1. The van der Waals surface area contributed by atoms with Crippen LogP contribution < -0.4 is 9.40 Å². The highest BCUT2D eigenvalue weighted by Gasteiger charge is 2.09. The Labute approximate surface area is 73.9 Å². The third kappa shape index (κ3) is 2.94. The largest absolute Gasteiger partial charge is 0.478 e. The summed E-state index contributed by atoms with van der Waals surface area (Å²) in [4.78, 5) is 25.4. The summed E-state index contributed by atoms with van der Waals surface area (Å²) < 4.78 is 2.52. The summed E-state index contributed by atoms with van der Waals surface area (Å²) in [6.07, 6.45) is 4.32. The molecule has 70 valence electrons. The Hall–Kier alpha value is -1.85. The van der Waals surface area contributed by atoms with E-state index >= 15 is 0 Å². The van der Waals surface area contributed by atoms with Gasteiger partial charge in [0.05, 0.1) is 0 Å². The Morgan fingerprint density at radius 2 is 2.31 bits per heavy atom. The van der Waals surface area contributed by atoms with Crippen LogP contribution in [0.2, 0.25) is 0 Å². The average Bonchev–Trinajstić information content (AvgIpc) is 2.33. The first-order valence-electron chi connectivity index (χ1n) is 3.55. The van der Waals surface area contributed by atoms with Crippen molar-refractivity contribution < 1.29 is 24.1 Å². The molecule has 0 radical (unpaired) electrons. The van der Waals surface area contributed by atoms with E-state index in [0.29, 0.717) is 0 Å². The molecule has 0 spiro atoms. The lowest BCUT2D eigenvalue weighted by Gasteiger charge is -1.90. The minimum Gasteiger partial charge on any atom is -0.478 e. The van der Waals surface area contributed by atoms with Crippen molar-refractivity contribution in [1.82, 2.24) is 4.73 Å². The predicted molar refractivity (Wildman–Crippen MR) is 39.5 cm³/mol. The van der Waals surface area contributed by atoms with E-state index < -0.39 is 11.9 Å². The van der Waals surface area contributed by atoms with Crippen molar-refractivity contribution >= 4 is 11.9 Å². The molecule has 0 aliphatic rings. The van der Waals surface area contributed by atoms with E-state index in [9.17, 15) is 9.59 Å². The van der Waals surface area contributed by atoms with E-state index in [1.807, 2.05) is 0 Å². The molecular weight excluding hydrogens is 176 g/mol. The summed E-state index contributed by atoms with van der Waals surface area (Å²) in [5.74, 6) is -1.41. The lowest BCUT2D eigenvalue weighted by atomic mass is 10.6. The number of aromatic nitrogens is 2. The predicted octanol–water partition coefficient (Wildman–Crippen LogP) is -1.16. The fourth-order valence-electron chi connectivity index (χ4n) is 0.827. The zero-order valence-electron chi connectivity index (χ0n) is 7.01. The maximum absolute atomic E-state index is 10.5. The average molecular weight is 185 g/mol. The number of rotatable bonds is 3. The smallest absolute Gasteiger partial charge is 0.354 e. The van der Waals surface area contributed by atoms with Gasteiger partial charge in [-0.2, -0.15) is 0 Å². The van der Waals surface area contributed by atoms with Gasteiger partial charge in [-0.15, -0.1) is 0 Å². The Balaban J connectivity index is 2.63. The molecule has 1 aromatic rings. The molecule has 1 rings (SSSR count). The number of aliphatic carboxylic acids is 1. The zero-order valence-corrected chi connectivity index (χ0v) is 7.01. The summed E-state index contributed by atoms with van der Waals surface area (Å²) in [6.45, 7) is 1.11. The van der Waals surface area contributed by atoms with Gasteiger partial charge in [0.15, 0.2) is 12.7 Å². The van der Waals surface area contributed by atoms with Crippen molar-refractivity contribution in [2.24, 2.45) is 0 Å². The number of hydrogen-bond acceptors (Lipinski definition) is 3. The standard InChI is InChI=1S/C7H8N2O4/c1-6(10)13-9-3-2-8(5-9)4-7(11)12/h2-3,5H,4H2,1H3/p+1. The van der Waals surface area contributed by atoms with Crippen molar-refractivity contribution in [3.8, 4) is 0 Å². The van der Waals surface area contributed by atoms with Gasteiger partial charge in [0, 0.05) is 6.92 Å². The van der Waals surface area contributed by atoms with E-state index in [1.165, 1.54) is 30.2 Å². The highest BCUT2D eigenvalue weighted by Crippen LogP contribution is 1.80. The molecule has 0 fully saturated rings. The molecule has 13 heavy (non-hydrogen) atoms. The Bertz CT molecular complexity index is 300. The van der Waals surface area contributed by atoms with Gasteiger partial charge >= 0.3 is 11.9 Å². The summed E-state index contributed by atoms with van der Waals surface area (Å²) in [6, 6.07) is 0. The van der Waals surface area contributed by atoms with Gasteiger partial charge in [0.1, 0.15) is 6.20 Å². The highest BCUT2D eigenvalue weighted by molar-refractivity contribution is 5.66. The Morgan fingerprint density at radius 1 is 1.62 bits per heavy atom. The fraction of sp³-hybridized carbons (Fsp3) is 0.286. The van der Waals surface area contributed by atoms with Crippen LogP contribution in [0.15, 0.2) is 18.7 Å². The van der Waals surface area contributed by atoms with Crippen LogP contribution >= 0.6 is 0 Å². The van der Waals surface area contributed by atoms with Crippen LogP contribution in [-0.2, 0) is 16.1 Å². The van der Waals surface area contributed by atoms with Crippen molar-refractivity contribution in [2.45, 2.75) is 13.5 Å². The van der Waals surface area contributed by atoms with Gasteiger partial charge in [0.25, 0.3) is 6.33 Å². The molecule has 1 aromatic heterocycles. The Morgan fingerprint density at radius 3 is 2.85 bits per heavy atom. The molecule has 0 aliphatic heterocycles. The van der Waals surface area contributed by atoms with Crippen LogP contribution in [0, 0.1) is 0 Å². The van der Waals surface area contributed by atoms with E-state index in [0.717, 1.165) is 4.73 Å². The second-order valence-electron chi connectivity index (χ2n) is 2.42. The maximum atomic E-state index is 10.5. The summed E-state index contributed by atoms with van der Waals surface area (Å²) in [7, 11) is 0. The second kappa shape index (κ2) is 3.70. The molecule has 0 amide bonds. The Kier molecular flexibility index (Phi) is 2.63. The van der Waals surface area contributed by atoms with Gasteiger partial charge in [-0.1, -0.05) is 0 Å². The van der Waals surface area contributed by atoms with Gasteiger partial charge in [-0.25, -0.2) is 14.2 Å². The molecule has 0 bridgehead atoms. The lowest BCUT2D eigenvalue weighted by molar-refractivity contribution is -0.686. The summed E-state index contributed by atoms with van der Waals surface area (Å²) in [5, 5.41) is 8.42. The summed E-state index contributed by atoms with van der Waals surface area (Å²) in [5.41, 5.74) is 0. The minimum atomic E-state index is -0.953. The number of nitrogens with zero attached hydrogens (tertiary/aromatic N) is 2. The number of carbonyl (C=O) groups is 2. The van der Waals surface area contributed by atoms with Gasteiger partial charge in [-0.3, -0.25) is 4.84 Å². The maximum Gasteiger partial charge on any atom is 0.354 e. The number of imidazole rings is 1. The van der Waals surface area contributed by atoms with Crippen molar-refractivity contribution in [1.29, 1.82) is 0 Å². The molecule has 0 saturated carbocycles. The van der Waals surface area contributed by atoms with E-state index in [2.05, 4.69) is 4.84 Å². The number of carbonyl (C=O) groups excluding carboxylic acids is 1. The first kappa shape index (κ1) is 9.24. The summed E-state index contributed by atoms with van der Waals surface area (Å²) >= 11 is 0. The molecule has 0 unspecified atom stereocenters. The fourth-order valence-corrected chi connectivity index (χ4v) is 0.827. The minimum absolute atomic E-state index is 0.158. The van der Waals surface area contributed by atoms with Crippen LogP contribution in [-0.4, -0.2) is 21.8 Å². The first-order valence-corrected chi connectivity index (χ1v) is 3.55. The monoisotopic (exact) mass is 185 g/mol. The normalized spacial score (nSPS) is 9.62. The molecule has 6 heteroatoms. The highest BCUT2D eigenvalue weighted by atomic mass is 16.7. The van der Waals surface area contributed by atoms with Gasteiger partial charge in [0.2, 0.25) is 0 Å². The van der Waals surface area contributed by atoms with Crippen LogP contribution in [0.3, 0.4) is 0 Å². The molecule has 6 nitrogen and oxygen atoms in total. The molecular formula is C7H9N2O4+. The van der Waals surface area contributed by atoms with Gasteiger partial charge < -0.3 is 5.11 Å². The van der Waals surface area contributed by atoms with Crippen LogP contribution in [0.4, 0.5) is 0 Å². The first-order chi connectivity index (χ1) is 6.08. The molecule has 0 atom stereocenters. The molecule has 1 N–H and O–H groups in total. The van der Waals surface area contributed by atoms with Crippen molar-refractivity contribution in [3.05, 3.63) is 18.7 Å². The third-order valence-electron chi connectivity index (χ3n) is 1.22. The molecule has 0 saturated heterocycles. The van der Waals surface area contributed by atoms with E-state index in [4.69, 9.17) is 5.11 Å².